The summed E-state index contributed by atoms with van der Waals surface area (Å²) >= 11 is 0. The van der Waals surface area contributed by atoms with E-state index in [1.54, 1.807) is 10.7 Å². The van der Waals surface area contributed by atoms with Crippen molar-refractivity contribution in [2.24, 2.45) is 0 Å². The monoisotopic (exact) mass is 242 g/mol. The highest BCUT2D eigenvalue weighted by molar-refractivity contribution is 5.95. The zero-order valence-corrected chi connectivity index (χ0v) is 10.1. The van der Waals surface area contributed by atoms with Crippen LogP contribution in [0.4, 0.5) is 11.4 Å². The molecule has 0 unspecified atom stereocenters. The fourth-order valence-corrected chi connectivity index (χ4v) is 2.18. The van der Waals surface area contributed by atoms with Crippen molar-refractivity contribution in [3.05, 3.63) is 35.7 Å². The first-order valence-electron chi connectivity index (χ1n) is 5.88. The van der Waals surface area contributed by atoms with Crippen molar-refractivity contribution < 1.29 is 4.79 Å². The first kappa shape index (κ1) is 10.8. The topological polar surface area (TPSA) is 72.9 Å². The van der Waals surface area contributed by atoms with Crippen molar-refractivity contribution in [3.8, 4) is 5.69 Å². The van der Waals surface area contributed by atoms with E-state index < -0.39 is 0 Å². The Kier molecular flexibility index (Phi) is 2.33. The van der Waals surface area contributed by atoms with Crippen LogP contribution in [0.25, 0.3) is 5.69 Å². The third-order valence-electron chi connectivity index (χ3n) is 3.12. The van der Waals surface area contributed by atoms with Crippen molar-refractivity contribution in [1.29, 1.82) is 0 Å². The highest BCUT2D eigenvalue weighted by atomic mass is 16.1. The number of rotatable bonds is 1. The number of nitrogens with zero attached hydrogens (tertiary/aromatic N) is 2. The van der Waals surface area contributed by atoms with E-state index in [0.29, 0.717) is 12.1 Å². The van der Waals surface area contributed by atoms with Crippen LogP contribution in [0.3, 0.4) is 0 Å². The van der Waals surface area contributed by atoms with Gasteiger partial charge in [0, 0.05) is 18.3 Å². The van der Waals surface area contributed by atoms with Crippen molar-refractivity contribution in [2.45, 2.75) is 19.8 Å². The van der Waals surface area contributed by atoms with Gasteiger partial charge in [0.2, 0.25) is 5.91 Å². The van der Waals surface area contributed by atoms with Gasteiger partial charge in [-0.15, -0.1) is 0 Å². The van der Waals surface area contributed by atoms with Gasteiger partial charge in [-0.2, -0.15) is 5.10 Å². The number of hydrogen-bond acceptors (Lipinski definition) is 3. The molecule has 1 aromatic carbocycles. The number of benzene rings is 1. The van der Waals surface area contributed by atoms with E-state index in [4.69, 9.17) is 5.73 Å². The second-order valence-corrected chi connectivity index (χ2v) is 4.52. The molecule has 1 aliphatic heterocycles. The second kappa shape index (κ2) is 3.87. The summed E-state index contributed by atoms with van der Waals surface area (Å²) in [5.41, 5.74) is 10.4. The number of amides is 1. The minimum absolute atomic E-state index is 0.0459. The molecule has 18 heavy (non-hydrogen) atoms. The third kappa shape index (κ3) is 1.73. The van der Waals surface area contributed by atoms with Crippen molar-refractivity contribution >= 4 is 17.3 Å². The Morgan fingerprint density at radius 1 is 1.39 bits per heavy atom. The molecular weight excluding hydrogens is 228 g/mol. The molecule has 1 amide bonds. The minimum atomic E-state index is 0.0459. The first-order valence-corrected chi connectivity index (χ1v) is 5.88. The molecule has 3 N–H and O–H groups in total. The summed E-state index contributed by atoms with van der Waals surface area (Å²) in [5.74, 6) is 0.0459. The predicted molar refractivity (Wildman–Crippen MR) is 69.7 cm³/mol. The van der Waals surface area contributed by atoms with E-state index in [2.05, 4.69) is 10.4 Å². The highest BCUT2D eigenvalue weighted by Gasteiger charge is 2.17. The van der Waals surface area contributed by atoms with E-state index >= 15 is 0 Å². The molecule has 1 aromatic heterocycles. The maximum absolute atomic E-state index is 11.3. The van der Waals surface area contributed by atoms with Gasteiger partial charge in [-0.05, 0) is 37.1 Å². The highest BCUT2D eigenvalue weighted by Crippen LogP contribution is 2.29. The molecule has 3 rings (SSSR count). The molecule has 0 radical (unpaired) electrons. The molecule has 5 heteroatoms. The lowest BCUT2D eigenvalue weighted by atomic mass is 10.0. The number of carbonyl (C=O) groups is 1. The molecule has 2 heterocycles. The summed E-state index contributed by atoms with van der Waals surface area (Å²) < 4.78 is 1.77. The van der Waals surface area contributed by atoms with Crippen LogP contribution < -0.4 is 11.1 Å². The first-order chi connectivity index (χ1) is 8.63. The summed E-state index contributed by atoms with van der Waals surface area (Å²) in [6.07, 6.45) is 3.15. The number of nitrogen functional groups attached to an aromatic ring is 1. The minimum Gasteiger partial charge on any atom is -0.397 e. The Balaban J connectivity index is 2.09. The van der Waals surface area contributed by atoms with Crippen LogP contribution in [0.1, 0.15) is 17.7 Å². The molecular formula is C13H14N4O. The summed E-state index contributed by atoms with van der Waals surface area (Å²) in [4.78, 5) is 11.3. The molecule has 92 valence electrons. The molecule has 0 aliphatic carbocycles. The lowest BCUT2D eigenvalue weighted by Gasteiger charge is -2.19. The van der Waals surface area contributed by atoms with Crippen LogP contribution in [-0.4, -0.2) is 15.7 Å². The summed E-state index contributed by atoms with van der Waals surface area (Å²) in [6.45, 7) is 1.94. The standard InChI is InChI=1S/C13H14N4O/c1-8-4-5-17(16-8)12-6-9-2-3-13(18)15-11(9)7-10(12)14/h4-7H,2-3,14H2,1H3,(H,15,18). The Morgan fingerprint density at radius 2 is 2.22 bits per heavy atom. The SMILES string of the molecule is Cc1ccn(-c2cc3c(cc2N)NC(=O)CC3)n1. The second-order valence-electron chi connectivity index (χ2n) is 4.52. The number of hydrogen-bond donors (Lipinski definition) is 2. The lowest BCUT2D eigenvalue weighted by Crippen LogP contribution is -2.19. The maximum Gasteiger partial charge on any atom is 0.224 e. The number of carbonyl (C=O) groups excluding carboxylic acids is 1. The van der Waals surface area contributed by atoms with E-state index in [9.17, 15) is 4.79 Å². The Labute approximate surface area is 105 Å². The van der Waals surface area contributed by atoms with Gasteiger partial charge in [0.25, 0.3) is 0 Å². The average molecular weight is 242 g/mol. The molecule has 1 aliphatic rings. The van der Waals surface area contributed by atoms with E-state index in [1.165, 1.54) is 0 Å². The molecule has 0 bridgehead atoms. The summed E-state index contributed by atoms with van der Waals surface area (Å²) in [7, 11) is 0. The van der Waals surface area contributed by atoms with Gasteiger partial charge in [-0.25, -0.2) is 4.68 Å². The number of nitrogens with two attached hydrogens (primary N) is 1. The molecule has 0 atom stereocenters. The van der Waals surface area contributed by atoms with Crippen LogP contribution in [0.2, 0.25) is 0 Å². The van der Waals surface area contributed by atoms with Crippen LogP contribution >= 0.6 is 0 Å². The smallest absolute Gasteiger partial charge is 0.224 e. The largest absolute Gasteiger partial charge is 0.397 e. The van der Waals surface area contributed by atoms with Gasteiger partial charge in [0.05, 0.1) is 17.1 Å². The molecule has 0 saturated heterocycles. The maximum atomic E-state index is 11.3. The number of nitrogens with one attached hydrogen (secondary N) is 1. The van der Waals surface area contributed by atoms with Gasteiger partial charge in [0.15, 0.2) is 0 Å². The van der Waals surface area contributed by atoms with Gasteiger partial charge in [-0.1, -0.05) is 0 Å². The zero-order chi connectivity index (χ0) is 12.7. The molecule has 5 nitrogen and oxygen atoms in total. The van der Waals surface area contributed by atoms with Gasteiger partial charge in [0.1, 0.15) is 0 Å². The van der Waals surface area contributed by atoms with Gasteiger partial charge >= 0.3 is 0 Å². The number of aryl methyl sites for hydroxylation is 2. The Bertz CT molecular complexity index is 630. The van der Waals surface area contributed by atoms with Crippen LogP contribution in [-0.2, 0) is 11.2 Å². The Morgan fingerprint density at radius 3 is 2.94 bits per heavy atom. The van der Waals surface area contributed by atoms with E-state index in [1.807, 2.05) is 25.3 Å². The zero-order valence-electron chi connectivity index (χ0n) is 10.1. The number of anilines is 2. The summed E-state index contributed by atoms with van der Waals surface area (Å²) in [6, 6.07) is 5.73. The van der Waals surface area contributed by atoms with Gasteiger partial charge in [-0.3, -0.25) is 4.79 Å². The molecule has 0 fully saturated rings. The van der Waals surface area contributed by atoms with Crippen molar-refractivity contribution in [2.75, 3.05) is 11.1 Å². The molecule has 0 spiro atoms. The van der Waals surface area contributed by atoms with Crippen molar-refractivity contribution in [3.63, 3.8) is 0 Å². The normalized spacial score (nSPS) is 14.2. The van der Waals surface area contributed by atoms with Crippen molar-refractivity contribution in [1.82, 2.24) is 9.78 Å². The van der Waals surface area contributed by atoms with Crippen LogP contribution in [0, 0.1) is 6.92 Å². The van der Waals surface area contributed by atoms with Gasteiger partial charge < -0.3 is 11.1 Å². The van der Waals surface area contributed by atoms with E-state index in [-0.39, 0.29) is 5.91 Å². The fraction of sp³-hybridized carbons (Fsp3) is 0.231. The lowest BCUT2D eigenvalue weighted by molar-refractivity contribution is -0.116. The fourth-order valence-electron chi connectivity index (χ4n) is 2.18. The Hall–Kier alpha value is -2.30. The predicted octanol–water partition coefficient (Wildman–Crippen LogP) is 1.65. The molecule has 0 saturated carbocycles. The summed E-state index contributed by atoms with van der Waals surface area (Å²) in [5, 5.41) is 7.19. The van der Waals surface area contributed by atoms with Crippen LogP contribution in [0.15, 0.2) is 24.4 Å². The van der Waals surface area contributed by atoms with Crippen LogP contribution in [0.5, 0.6) is 0 Å². The third-order valence-corrected chi connectivity index (χ3v) is 3.12. The molecule has 2 aromatic rings. The van der Waals surface area contributed by atoms with E-state index in [0.717, 1.165) is 29.1 Å². The number of aromatic nitrogens is 2. The number of fused-ring (bicyclic) bond motifs is 1. The average Bonchev–Trinajstić information content (AvgIpc) is 2.74. The quantitative estimate of drug-likeness (QED) is 0.747.